The molecule has 116 valence electrons. The molecule has 3 aromatic carbocycles. The number of para-hydroxylation sites is 2. The van der Waals surface area contributed by atoms with Crippen molar-refractivity contribution in [2.75, 3.05) is 0 Å². The zero-order valence-corrected chi connectivity index (χ0v) is 13.1. The van der Waals surface area contributed by atoms with E-state index in [0.717, 1.165) is 10.8 Å². The summed E-state index contributed by atoms with van der Waals surface area (Å²) in [6, 6.07) is 20.4. The Morgan fingerprint density at radius 3 is 2.50 bits per heavy atom. The fourth-order valence-corrected chi connectivity index (χ4v) is 2.98. The molecule has 0 bridgehead atoms. The number of nitrogens with zero attached hydrogens (tertiary/aromatic N) is 2. The summed E-state index contributed by atoms with van der Waals surface area (Å²) in [5.74, 6) is -0.349. The average molecular weight is 314 g/mol. The fraction of sp³-hybridized carbons (Fsp3) is 0.0500. The van der Waals surface area contributed by atoms with Crippen LogP contribution in [-0.2, 0) is 7.05 Å². The van der Waals surface area contributed by atoms with E-state index < -0.39 is 0 Å². The Labute approximate surface area is 138 Å². The summed E-state index contributed by atoms with van der Waals surface area (Å²) in [4.78, 5) is 30.0. The lowest BCUT2D eigenvalue weighted by Crippen LogP contribution is -2.27. The molecule has 0 N–H and O–H groups in total. The third kappa shape index (κ3) is 2.12. The van der Waals surface area contributed by atoms with Crippen LogP contribution in [0.15, 0.2) is 71.5 Å². The number of aromatic nitrogens is 2. The van der Waals surface area contributed by atoms with Crippen molar-refractivity contribution in [3.05, 3.63) is 88.3 Å². The zero-order chi connectivity index (χ0) is 16.7. The summed E-state index contributed by atoms with van der Waals surface area (Å²) in [5, 5.41) is 1.78. The molecule has 1 aromatic heterocycles. The van der Waals surface area contributed by atoms with Crippen molar-refractivity contribution >= 4 is 27.6 Å². The van der Waals surface area contributed by atoms with Gasteiger partial charge in [-0.2, -0.15) is 0 Å². The average Bonchev–Trinajstić information content (AvgIpc) is 2.63. The molecule has 0 amide bonds. The molecular weight excluding hydrogens is 300 g/mol. The number of ketones is 1. The van der Waals surface area contributed by atoms with Gasteiger partial charge in [-0.1, -0.05) is 54.6 Å². The van der Waals surface area contributed by atoms with Gasteiger partial charge in [0.25, 0.3) is 5.56 Å². The molecule has 0 saturated heterocycles. The minimum absolute atomic E-state index is 0.0486. The number of hydrogen-bond donors (Lipinski definition) is 0. The van der Waals surface area contributed by atoms with Gasteiger partial charge < -0.3 is 4.57 Å². The molecule has 0 fully saturated rings. The van der Waals surface area contributed by atoms with Crippen LogP contribution in [0.25, 0.3) is 21.8 Å². The van der Waals surface area contributed by atoms with Crippen LogP contribution in [-0.4, -0.2) is 15.3 Å². The van der Waals surface area contributed by atoms with Crippen LogP contribution in [0.5, 0.6) is 0 Å². The largest absolute Gasteiger partial charge is 0.308 e. The van der Waals surface area contributed by atoms with Crippen molar-refractivity contribution in [3.63, 3.8) is 0 Å². The first kappa shape index (κ1) is 14.3. The Balaban J connectivity index is 1.99. The van der Waals surface area contributed by atoms with Crippen molar-refractivity contribution in [3.8, 4) is 0 Å². The first-order valence-electron chi connectivity index (χ1n) is 7.65. The molecule has 0 atom stereocenters. The van der Waals surface area contributed by atoms with E-state index in [1.54, 1.807) is 19.2 Å². The van der Waals surface area contributed by atoms with Gasteiger partial charge in [-0.05, 0) is 22.9 Å². The predicted molar refractivity (Wildman–Crippen MR) is 94.4 cm³/mol. The third-order valence-corrected chi connectivity index (χ3v) is 4.23. The Morgan fingerprint density at radius 2 is 1.62 bits per heavy atom. The van der Waals surface area contributed by atoms with Crippen LogP contribution >= 0.6 is 0 Å². The minimum atomic E-state index is -0.383. The summed E-state index contributed by atoms with van der Waals surface area (Å²) in [6.45, 7) is 0. The normalized spacial score (nSPS) is 11.0. The van der Waals surface area contributed by atoms with Gasteiger partial charge in [0, 0.05) is 12.6 Å². The van der Waals surface area contributed by atoms with E-state index in [1.165, 1.54) is 4.57 Å². The van der Waals surface area contributed by atoms with E-state index in [1.807, 2.05) is 54.6 Å². The van der Waals surface area contributed by atoms with Crippen LogP contribution in [0.3, 0.4) is 0 Å². The summed E-state index contributed by atoms with van der Waals surface area (Å²) in [5.41, 5.74) is 1.40. The van der Waals surface area contributed by atoms with Gasteiger partial charge in [0.15, 0.2) is 5.69 Å². The van der Waals surface area contributed by atoms with Gasteiger partial charge in [-0.25, -0.2) is 4.98 Å². The van der Waals surface area contributed by atoms with Crippen LogP contribution in [0.1, 0.15) is 16.1 Å². The number of rotatable bonds is 2. The van der Waals surface area contributed by atoms with Gasteiger partial charge >= 0.3 is 0 Å². The predicted octanol–water partition coefficient (Wildman–Crippen LogP) is 3.32. The van der Waals surface area contributed by atoms with Crippen molar-refractivity contribution in [1.29, 1.82) is 0 Å². The highest BCUT2D eigenvalue weighted by Gasteiger charge is 2.19. The molecule has 4 nitrogen and oxygen atoms in total. The molecule has 4 aromatic rings. The van der Waals surface area contributed by atoms with Crippen LogP contribution in [0.4, 0.5) is 0 Å². The number of benzene rings is 3. The second-order valence-corrected chi connectivity index (χ2v) is 5.67. The van der Waals surface area contributed by atoms with Gasteiger partial charge in [-0.3, -0.25) is 9.59 Å². The summed E-state index contributed by atoms with van der Waals surface area (Å²) in [6.07, 6.45) is 0. The van der Waals surface area contributed by atoms with Gasteiger partial charge in [0.05, 0.1) is 11.0 Å². The van der Waals surface area contributed by atoms with Gasteiger partial charge in [0.2, 0.25) is 5.78 Å². The maximum atomic E-state index is 13.0. The molecule has 0 saturated carbocycles. The molecule has 4 heteroatoms. The number of aryl methyl sites for hydroxylation is 1. The van der Waals surface area contributed by atoms with E-state index in [9.17, 15) is 9.59 Å². The summed E-state index contributed by atoms with van der Waals surface area (Å²) in [7, 11) is 1.66. The number of fused-ring (bicyclic) bond motifs is 2. The number of hydrogen-bond acceptors (Lipinski definition) is 3. The number of carbonyl (C=O) groups excluding carboxylic acids is 1. The lowest BCUT2D eigenvalue weighted by Gasteiger charge is -2.08. The van der Waals surface area contributed by atoms with E-state index in [-0.39, 0.29) is 17.0 Å². The molecule has 4 rings (SSSR count). The Hall–Kier alpha value is -3.27. The lowest BCUT2D eigenvalue weighted by atomic mass is 10.00. The lowest BCUT2D eigenvalue weighted by molar-refractivity contribution is 0.103. The zero-order valence-electron chi connectivity index (χ0n) is 13.1. The standard InChI is InChI=1S/C20H14N2O2/c1-22-17-12-5-4-11-16(17)21-18(20(22)24)19(23)15-10-6-8-13-7-2-3-9-14(13)15/h2-12H,1H3. The first-order valence-corrected chi connectivity index (χ1v) is 7.65. The van der Waals surface area contributed by atoms with E-state index in [2.05, 4.69) is 4.98 Å². The SMILES string of the molecule is Cn1c(=O)c(C(=O)c2cccc3ccccc23)nc2ccccc21. The second-order valence-electron chi connectivity index (χ2n) is 5.67. The maximum Gasteiger partial charge on any atom is 0.280 e. The van der Waals surface area contributed by atoms with Crippen LogP contribution in [0, 0.1) is 0 Å². The molecule has 0 radical (unpaired) electrons. The Morgan fingerprint density at radius 1 is 0.917 bits per heavy atom. The number of carbonyl (C=O) groups is 1. The molecule has 0 aliphatic carbocycles. The molecule has 0 aliphatic heterocycles. The molecule has 0 aliphatic rings. The monoisotopic (exact) mass is 314 g/mol. The summed E-state index contributed by atoms with van der Waals surface area (Å²) < 4.78 is 1.47. The highest BCUT2D eigenvalue weighted by Crippen LogP contribution is 2.20. The maximum absolute atomic E-state index is 13.0. The van der Waals surface area contributed by atoms with Crippen molar-refractivity contribution in [1.82, 2.24) is 9.55 Å². The first-order chi connectivity index (χ1) is 11.7. The molecule has 0 unspecified atom stereocenters. The third-order valence-electron chi connectivity index (χ3n) is 4.23. The molecule has 0 spiro atoms. The molecule has 24 heavy (non-hydrogen) atoms. The smallest absolute Gasteiger partial charge is 0.280 e. The van der Waals surface area contributed by atoms with Crippen molar-refractivity contribution < 1.29 is 4.79 Å². The van der Waals surface area contributed by atoms with E-state index >= 15 is 0 Å². The van der Waals surface area contributed by atoms with Gasteiger partial charge in [-0.15, -0.1) is 0 Å². The quantitative estimate of drug-likeness (QED) is 0.533. The van der Waals surface area contributed by atoms with Crippen molar-refractivity contribution in [2.45, 2.75) is 0 Å². The van der Waals surface area contributed by atoms with E-state index in [4.69, 9.17) is 0 Å². The Kier molecular flexibility index (Phi) is 3.24. The van der Waals surface area contributed by atoms with Crippen LogP contribution < -0.4 is 5.56 Å². The molecule has 1 heterocycles. The molecular formula is C20H14N2O2. The van der Waals surface area contributed by atoms with Crippen molar-refractivity contribution in [2.24, 2.45) is 7.05 Å². The highest BCUT2D eigenvalue weighted by molar-refractivity contribution is 6.15. The topological polar surface area (TPSA) is 52.0 Å². The van der Waals surface area contributed by atoms with Gasteiger partial charge in [0.1, 0.15) is 0 Å². The van der Waals surface area contributed by atoms with E-state index in [0.29, 0.717) is 16.6 Å². The second kappa shape index (κ2) is 5.42. The minimum Gasteiger partial charge on any atom is -0.308 e. The Bertz CT molecular complexity index is 1150. The highest BCUT2D eigenvalue weighted by atomic mass is 16.1. The summed E-state index contributed by atoms with van der Waals surface area (Å²) >= 11 is 0. The fourth-order valence-electron chi connectivity index (χ4n) is 2.98. The van der Waals surface area contributed by atoms with Crippen LogP contribution in [0.2, 0.25) is 0 Å².